The molecule has 3 aliphatic heterocycles. The molecule has 5 rings (SSSR count). The monoisotopic (exact) mass is 750 g/mol. The number of imidazole rings is 1. The number of nitrogens with one attached hydrogen (secondary N) is 2. The highest BCUT2D eigenvalue weighted by Crippen LogP contribution is 2.44. The van der Waals surface area contributed by atoms with Crippen molar-refractivity contribution in [2.45, 2.75) is 43.3 Å². The summed E-state index contributed by atoms with van der Waals surface area (Å²) in [7, 11) is -4.62. The van der Waals surface area contributed by atoms with Crippen LogP contribution in [0.5, 0.6) is 0 Å². The lowest BCUT2D eigenvalue weighted by Crippen LogP contribution is -2.67. The number of urea groups is 1. The van der Waals surface area contributed by atoms with Gasteiger partial charge in [0.15, 0.2) is 17.4 Å². The number of phosphoric acid groups is 1. The van der Waals surface area contributed by atoms with Crippen molar-refractivity contribution in [1.29, 1.82) is 0 Å². The summed E-state index contributed by atoms with van der Waals surface area (Å²) in [6.07, 6.45) is -5.25. The molecule has 9 N–H and O–H groups in total. The molecule has 7 atom stereocenters. The van der Waals surface area contributed by atoms with E-state index in [0.717, 1.165) is 0 Å². The number of imide groups is 1. The van der Waals surface area contributed by atoms with Crippen LogP contribution in [-0.2, 0) is 37.4 Å². The van der Waals surface area contributed by atoms with Crippen molar-refractivity contribution >= 4 is 36.9 Å². The van der Waals surface area contributed by atoms with Crippen molar-refractivity contribution in [1.82, 2.24) is 34.6 Å². The van der Waals surface area contributed by atoms with Gasteiger partial charge in [-0.3, -0.25) is 43.3 Å². The molecule has 0 aliphatic carbocycles. The predicted molar refractivity (Wildman–Crippen MR) is 169 cm³/mol. The molecule has 0 spiro atoms. The van der Waals surface area contributed by atoms with Crippen molar-refractivity contribution in [3.8, 4) is 0 Å². The number of nitrogens with two attached hydrogens (primary N) is 1. The van der Waals surface area contributed by atoms with Crippen molar-refractivity contribution in [2.24, 2.45) is 5.92 Å². The number of fused-ring (bicyclic) bond motifs is 1. The highest BCUT2D eigenvalue weighted by molar-refractivity contribution is 7.47. The second-order valence-electron chi connectivity index (χ2n) is 12.3. The highest BCUT2D eigenvalue weighted by atomic mass is 31.2. The van der Waals surface area contributed by atoms with E-state index in [0.29, 0.717) is 6.54 Å². The fourth-order valence-corrected chi connectivity index (χ4v) is 6.50. The number of morpholine rings is 1. The van der Waals surface area contributed by atoms with Crippen LogP contribution in [0.3, 0.4) is 0 Å². The van der Waals surface area contributed by atoms with Gasteiger partial charge in [0.1, 0.15) is 30.1 Å². The number of hydrogen-bond donors (Lipinski definition) is 8. The van der Waals surface area contributed by atoms with Crippen LogP contribution in [0.25, 0.3) is 11.2 Å². The molecular weight excluding hydrogens is 707 g/mol. The second kappa shape index (κ2) is 16.7. The van der Waals surface area contributed by atoms with Crippen LogP contribution in [0.15, 0.2) is 11.1 Å². The van der Waals surface area contributed by atoms with E-state index >= 15 is 0 Å². The minimum atomic E-state index is -4.62. The molecule has 3 fully saturated rings. The first-order valence-corrected chi connectivity index (χ1v) is 17.5. The lowest BCUT2D eigenvalue weighted by Gasteiger charge is -2.48. The molecule has 23 nitrogen and oxygen atoms in total. The Bertz CT molecular complexity index is 1620. The Morgan fingerprint density at radius 1 is 1.06 bits per heavy atom. The number of rotatable bonds is 17. The number of anilines is 1. The quantitative estimate of drug-likeness (QED) is 0.0565. The number of carbonyl (C=O) groups excluding carboxylic acids is 2. The van der Waals surface area contributed by atoms with Crippen LogP contribution in [0, 0.1) is 5.92 Å². The first-order chi connectivity index (χ1) is 24.3. The van der Waals surface area contributed by atoms with Gasteiger partial charge in [0.25, 0.3) is 5.56 Å². The van der Waals surface area contributed by atoms with E-state index in [1.54, 1.807) is 6.92 Å². The molecule has 2 aromatic rings. The molecular formula is C27H43N8O15P. The van der Waals surface area contributed by atoms with Gasteiger partial charge in [-0.15, -0.1) is 0 Å². The number of aromatic amines is 1. The van der Waals surface area contributed by atoms with Crippen LogP contribution in [0.2, 0.25) is 0 Å². The molecule has 24 heteroatoms. The molecule has 2 aromatic heterocycles. The lowest BCUT2D eigenvalue weighted by atomic mass is 10.0. The molecule has 3 amide bonds. The summed E-state index contributed by atoms with van der Waals surface area (Å²) in [5.74, 6) is -1.05. The fourth-order valence-electron chi connectivity index (χ4n) is 5.78. The first-order valence-electron chi connectivity index (χ1n) is 16.0. The smallest absolute Gasteiger partial charge is 0.393 e. The standard InChI is InChI=1S/C27H43N8O15P/c1-15-8-34(26(42)32-22(15)40)17-9-33(11-27(12-36,13-37)50-17)2-3-45-4-5-46-6-7-47-51(43,44)48-10-16-19(38)20(39)24(49-16)35-14-29-18-21(35)30-25(28)31-23(18)41/h14-17,19-20,24,36-39H,2-13H2,1H3,(H,43,44)(H,32,40,42)(H3,28,30,31,41)/t15?,16-,17-,19-,20-,24-/m1/s1. The van der Waals surface area contributed by atoms with Gasteiger partial charge in [-0.05, 0) is 0 Å². The number of hydrogen-bond acceptors (Lipinski definition) is 18. The summed E-state index contributed by atoms with van der Waals surface area (Å²) in [5.41, 5.74) is 3.57. The van der Waals surface area contributed by atoms with Gasteiger partial charge < -0.3 is 50.0 Å². The highest BCUT2D eigenvalue weighted by Gasteiger charge is 2.46. The Kier molecular flexibility index (Phi) is 12.8. The molecule has 286 valence electrons. The molecule has 0 radical (unpaired) electrons. The number of aliphatic hydroxyl groups is 4. The minimum absolute atomic E-state index is 0.00635. The maximum absolute atomic E-state index is 12.5. The normalized spacial score (nSPS) is 28.3. The molecule has 0 saturated carbocycles. The summed E-state index contributed by atoms with van der Waals surface area (Å²) in [4.78, 5) is 59.9. The zero-order valence-corrected chi connectivity index (χ0v) is 28.5. The van der Waals surface area contributed by atoms with Crippen LogP contribution in [0.4, 0.5) is 10.7 Å². The van der Waals surface area contributed by atoms with Crippen LogP contribution in [-0.4, -0.2) is 176 Å². The number of aliphatic hydroxyl groups excluding tert-OH is 4. The molecule has 2 unspecified atom stereocenters. The van der Waals surface area contributed by atoms with Crippen LogP contribution in [0.1, 0.15) is 13.2 Å². The summed E-state index contributed by atoms with van der Waals surface area (Å²) >= 11 is 0. The summed E-state index contributed by atoms with van der Waals surface area (Å²) in [6.45, 7) is 1.03. The van der Waals surface area contributed by atoms with Crippen LogP contribution >= 0.6 is 7.82 Å². The third kappa shape index (κ3) is 9.26. The summed E-state index contributed by atoms with van der Waals surface area (Å²) in [5, 5.41) is 43.2. The Balaban J connectivity index is 0.979. The van der Waals surface area contributed by atoms with E-state index in [1.165, 1.54) is 15.8 Å². The van der Waals surface area contributed by atoms with E-state index < -0.39 is 81.5 Å². The number of carbonyl (C=O) groups is 2. The van der Waals surface area contributed by atoms with Crippen molar-refractivity contribution < 1.29 is 67.5 Å². The number of nitrogens with zero attached hydrogens (tertiary/aromatic N) is 5. The third-order valence-electron chi connectivity index (χ3n) is 8.52. The molecule has 51 heavy (non-hydrogen) atoms. The average molecular weight is 751 g/mol. The molecule has 0 bridgehead atoms. The van der Waals surface area contributed by atoms with E-state index in [1.807, 2.05) is 4.90 Å². The third-order valence-corrected chi connectivity index (χ3v) is 9.50. The van der Waals surface area contributed by atoms with E-state index in [9.17, 15) is 44.3 Å². The zero-order valence-electron chi connectivity index (χ0n) is 27.6. The zero-order chi connectivity index (χ0) is 36.9. The van der Waals surface area contributed by atoms with E-state index in [2.05, 4.69) is 20.3 Å². The maximum atomic E-state index is 12.5. The minimum Gasteiger partial charge on any atom is -0.393 e. The Morgan fingerprint density at radius 3 is 2.49 bits per heavy atom. The van der Waals surface area contributed by atoms with Gasteiger partial charge in [-0.25, -0.2) is 14.3 Å². The van der Waals surface area contributed by atoms with Gasteiger partial charge in [0, 0.05) is 26.2 Å². The summed E-state index contributed by atoms with van der Waals surface area (Å²) in [6, 6.07) is -0.614. The topological polar surface area (TPSA) is 316 Å². The Hall–Kier alpha value is -3.16. The maximum Gasteiger partial charge on any atom is 0.472 e. The number of ether oxygens (including phenoxy) is 4. The SMILES string of the molecule is CC1CN([C@H]2CN(CCOCCOCCOP(=O)(O)OC[C@H]3O[C@@H](n4cnc5c(=O)[nH]c(N)nc54)[C@H](O)[C@@H]3O)CC(CO)(CO)O2)C(=O)NC1=O. The average Bonchev–Trinajstić information content (AvgIpc) is 3.64. The predicted octanol–water partition coefficient (Wildman–Crippen LogP) is -3.94. The van der Waals surface area contributed by atoms with Gasteiger partial charge in [-0.2, -0.15) is 4.98 Å². The van der Waals surface area contributed by atoms with Gasteiger partial charge >= 0.3 is 13.9 Å². The largest absolute Gasteiger partial charge is 0.472 e. The number of amides is 3. The number of phosphoric ester groups is 1. The van der Waals surface area contributed by atoms with Gasteiger partial charge in [0.05, 0.1) is 65.1 Å². The Labute approximate surface area is 289 Å². The van der Waals surface area contributed by atoms with E-state index in [4.69, 9.17) is 33.7 Å². The Morgan fingerprint density at radius 2 is 1.76 bits per heavy atom. The van der Waals surface area contributed by atoms with Crippen molar-refractivity contribution in [3.63, 3.8) is 0 Å². The molecule has 0 aromatic carbocycles. The van der Waals surface area contributed by atoms with Crippen LogP contribution < -0.4 is 16.6 Å². The van der Waals surface area contributed by atoms with Gasteiger partial charge in [0.2, 0.25) is 11.9 Å². The first kappa shape index (κ1) is 39.1. The summed E-state index contributed by atoms with van der Waals surface area (Å²) < 4.78 is 46.0. The second-order valence-corrected chi connectivity index (χ2v) is 13.8. The van der Waals surface area contributed by atoms with Crippen molar-refractivity contribution in [3.05, 3.63) is 16.7 Å². The number of nitrogen functional groups attached to an aromatic ring is 1. The molecule has 3 aliphatic rings. The fraction of sp³-hybridized carbons (Fsp3) is 0.741. The van der Waals surface area contributed by atoms with Gasteiger partial charge in [-0.1, -0.05) is 6.92 Å². The van der Waals surface area contributed by atoms with E-state index in [-0.39, 0.29) is 75.7 Å². The molecule has 3 saturated heterocycles. The number of aromatic nitrogens is 4. The number of H-pyrrole nitrogens is 1. The molecule has 5 heterocycles. The van der Waals surface area contributed by atoms with Crippen molar-refractivity contribution in [2.75, 3.05) is 84.8 Å². The lowest BCUT2D eigenvalue weighted by molar-refractivity contribution is -0.224.